The first-order valence-corrected chi connectivity index (χ1v) is 11.9. The number of aryl methyl sites for hydroxylation is 1. The van der Waals surface area contributed by atoms with E-state index in [4.69, 9.17) is 0 Å². The molecule has 2 nitrogen and oxygen atoms in total. The van der Waals surface area contributed by atoms with E-state index in [2.05, 4.69) is 71.3 Å². The van der Waals surface area contributed by atoms with Gasteiger partial charge in [-0.1, -0.05) is 92.3 Å². The van der Waals surface area contributed by atoms with Crippen molar-refractivity contribution in [2.45, 2.75) is 70.4 Å². The second kappa shape index (κ2) is 13.5. The van der Waals surface area contributed by atoms with Gasteiger partial charge >= 0.3 is 0 Å². The standard InChI is InChI=1S/C27H38N2.2ClH/c1-23-14-16-24(17-15-23)22-27(25-10-6-5-7-11-25)29-20-18-28(19-21-29)26-12-8-3-2-4-9-13-26;;/h5-7,10-11,14-17,26-27H,2-4,8-9,12-13,18-22H2,1H3;2*1H. The highest BCUT2D eigenvalue weighted by atomic mass is 35.5. The summed E-state index contributed by atoms with van der Waals surface area (Å²) in [5.41, 5.74) is 4.26. The number of nitrogens with zero attached hydrogens (tertiary/aromatic N) is 2. The van der Waals surface area contributed by atoms with Gasteiger partial charge in [0.1, 0.15) is 0 Å². The highest BCUT2D eigenvalue weighted by molar-refractivity contribution is 5.85. The van der Waals surface area contributed by atoms with E-state index in [-0.39, 0.29) is 24.8 Å². The van der Waals surface area contributed by atoms with Crippen LogP contribution in [-0.2, 0) is 6.42 Å². The predicted molar refractivity (Wildman–Crippen MR) is 138 cm³/mol. The minimum Gasteiger partial charge on any atom is -0.298 e. The lowest BCUT2D eigenvalue weighted by Gasteiger charge is -2.43. The van der Waals surface area contributed by atoms with Gasteiger partial charge in [0.25, 0.3) is 0 Å². The molecule has 0 bridgehead atoms. The number of hydrogen-bond donors (Lipinski definition) is 0. The van der Waals surface area contributed by atoms with Gasteiger partial charge in [0.05, 0.1) is 0 Å². The number of rotatable bonds is 5. The summed E-state index contributed by atoms with van der Waals surface area (Å²) in [6, 6.07) is 21.6. The Morgan fingerprint density at radius 3 is 1.94 bits per heavy atom. The topological polar surface area (TPSA) is 6.48 Å². The van der Waals surface area contributed by atoms with E-state index in [0.717, 1.165) is 12.5 Å². The summed E-state index contributed by atoms with van der Waals surface area (Å²) >= 11 is 0. The Bertz CT molecular complexity index is 719. The van der Waals surface area contributed by atoms with Crippen LogP contribution in [0.15, 0.2) is 54.6 Å². The highest BCUT2D eigenvalue weighted by Gasteiger charge is 2.28. The molecular formula is C27H40Cl2N2. The molecule has 1 atom stereocenters. The third-order valence-corrected chi connectivity index (χ3v) is 7.11. The Balaban J connectivity index is 0.00000171. The van der Waals surface area contributed by atoms with Crippen LogP contribution in [0.4, 0.5) is 0 Å². The molecule has 0 amide bonds. The number of hydrogen-bond acceptors (Lipinski definition) is 2. The Hall–Kier alpha value is -1.06. The molecule has 4 heteroatoms. The molecule has 1 aliphatic heterocycles. The Morgan fingerprint density at radius 1 is 0.742 bits per heavy atom. The first-order chi connectivity index (χ1) is 14.3. The van der Waals surface area contributed by atoms with Crippen LogP contribution >= 0.6 is 24.8 Å². The molecule has 1 aliphatic carbocycles. The van der Waals surface area contributed by atoms with Crippen LogP contribution in [0.2, 0.25) is 0 Å². The van der Waals surface area contributed by atoms with E-state index in [1.165, 1.54) is 87.8 Å². The molecule has 1 saturated carbocycles. The van der Waals surface area contributed by atoms with E-state index >= 15 is 0 Å². The first-order valence-electron chi connectivity index (χ1n) is 11.9. The van der Waals surface area contributed by atoms with Gasteiger partial charge in [-0.3, -0.25) is 9.80 Å². The van der Waals surface area contributed by atoms with Crippen LogP contribution in [0.25, 0.3) is 0 Å². The lowest BCUT2D eigenvalue weighted by molar-refractivity contribution is 0.0595. The molecule has 2 aromatic carbocycles. The molecule has 2 aliphatic rings. The average Bonchev–Trinajstić information content (AvgIpc) is 2.74. The fraction of sp³-hybridized carbons (Fsp3) is 0.556. The third kappa shape index (κ3) is 7.49. The monoisotopic (exact) mass is 462 g/mol. The maximum Gasteiger partial charge on any atom is 0.0389 e. The number of piperazine rings is 1. The van der Waals surface area contributed by atoms with Crippen molar-refractivity contribution in [3.63, 3.8) is 0 Å². The predicted octanol–water partition coefficient (Wildman–Crippen LogP) is 6.85. The van der Waals surface area contributed by atoms with Crippen molar-refractivity contribution < 1.29 is 0 Å². The van der Waals surface area contributed by atoms with Gasteiger partial charge in [0.15, 0.2) is 0 Å². The minimum atomic E-state index is 0. The van der Waals surface area contributed by atoms with Gasteiger partial charge in [0.2, 0.25) is 0 Å². The molecule has 1 heterocycles. The van der Waals surface area contributed by atoms with Crippen molar-refractivity contribution >= 4 is 24.8 Å². The Kier molecular flexibility index (Phi) is 11.4. The summed E-state index contributed by atoms with van der Waals surface area (Å²) < 4.78 is 0. The van der Waals surface area contributed by atoms with Crippen molar-refractivity contribution in [3.8, 4) is 0 Å². The van der Waals surface area contributed by atoms with E-state index < -0.39 is 0 Å². The van der Waals surface area contributed by atoms with E-state index in [0.29, 0.717) is 6.04 Å². The second-order valence-electron chi connectivity index (χ2n) is 9.19. The lowest BCUT2D eigenvalue weighted by atomic mass is 9.94. The highest BCUT2D eigenvalue weighted by Crippen LogP contribution is 2.28. The van der Waals surface area contributed by atoms with Gasteiger partial charge in [-0.15, -0.1) is 24.8 Å². The normalized spacial score (nSPS) is 20.0. The lowest BCUT2D eigenvalue weighted by Crippen LogP contribution is -2.51. The molecule has 2 aromatic rings. The van der Waals surface area contributed by atoms with Crippen molar-refractivity contribution in [2.24, 2.45) is 0 Å². The molecule has 0 spiro atoms. The van der Waals surface area contributed by atoms with Crippen LogP contribution in [0.5, 0.6) is 0 Å². The minimum absolute atomic E-state index is 0. The van der Waals surface area contributed by atoms with Crippen molar-refractivity contribution in [2.75, 3.05) is 26.2 Å². The third-order valence-electron chi connectivity index (χ3n) is 7.11. The van der Waals surface area contributed by atoms with Gasteiger partial charge < -0.3 is 0 Å². The van der Waals surface area contributed by atoms with Gasteiger partial charge in [0, 0.05) is 38.3 Å². The molecule has 0 N–H and O–H groups in total. The summed E-state index contributed by atoms with van der Waals surface area (Å²) in [4.78, 5) is 5.56. The van der Waals surface area contributed by atoms with Crippen molar-refractivity contribution in [1.29, 1.82) is 0 Å². The number of halogens is 2. The summed E-state index contributed by atoms with van der Waals surface area (Å²) in [5.74, 6) is 0. The Labute approximate surface area is 202 Å². The molecule has 4 rings (SSSR count). The molecule has 2 fully saturated rings. The molecule has 172 valence electrons. The second-order valence-corrected chi connectivity index (χ2v) is 9.19. The zero-order chi connectivity index (χ0) is 19.9. The molecule has 0 radical (unpaired) electrons. The zero-order valence-electron chi connectivity index (χ0n) is 19.0. The van der Waals surface area contributed by atoms with Gasteiger partial charge in [-0.25, -0.2) is 0 Å². The summed E-state index contributed by atoms with van der Waals surface area (Å²) in [6.45, 7) is 7.04. The molecule has 0 aromatic heterocycles. The maximum absolute atomic E-state index is 2.82. The number of benzene rings is 2. The van der Waals surface area contributed by atoms with E-state index in [9.17, 15) is 0 Å². The zero-order valence-corrected chi connectivity index (χ0v) is 20.7. The quantitative estimate of drug-likeness (QED) is 0.478. The SMILES string of the molecule is Cc1ccc(CC(c2ccccc2)N2CCN(C3CCCCCCC3)CC2)cc1.Cl.Cl. The van der Waals surface area contributed by atoms with Gasteiger partial charge in [-0.2, -0.15) is 0 Å². The summed E-state index contributed by atoms with van der Waals surface area (Å²) in [7, 11) is 0. The van der Waals surface area contributed by atoms with Crippen LogP contribution in [0, 0.1) is 6.92 Å². The fourth-order valence-corrected chi connectivity index (χ4v) is 5.29. The average molecular weight is 464 g/mol. The van der Waals surface area contributed by atoms with Gasteiger partial charge in [-0.05, 0) is 37.3 Å². The summed E-state index contributed by atoms with van der Waals surface area (Å²) in [5, 5.41) is 0. The largest absolute Gasteiger partial charge is 0.298 e. The molecule has 31 heavy (non-hydrogen) atoms. The smallest absolute Gasteiger partial charge is 0.0389 e. The van der Waals surface area contributed by atoms with Crippen LogP contribution in [-0.4, -0.2) is 42.0 Å². The summed E-state index contributed by atoms with van der Waals surface area (Å²) in [6.07, 6.45) is 11.2. The molecule has 1 unspecified atom stereocenters. The van der Waals surface area contributed by atoms with Crippen molar-refractivity contribution in [3.05, 3.63) is 71.3 Å². The maximum atomic E-state index is 2.82. The van der Waals surface area contributed by atoms with Crippen molar-refractivity contribution in [1.82, 2.24) is 9.80 Å². The molecule has 1 saturated heterocycles. The van der Waals surface area contributed by atoms with E-state index in [1.54, 1.807) is 0 Å². The first kappa shape index (κ1) is 26.2. The Morgan fingerprint density at radius 2 is 1.32 bits per heavy atom. The fourth-order valence-electron chi connectivity index (χ4n) is 5.29. The van der Waals surface area contributed by atoms with Crippen LogP contribution < -0.4 is 0 Å². The van der Waals surface area contributed by atoms with E-state index in [1.807, 2.05) is 0 Å². The van der Waals surface area contributed by atoms with Crippen LogP contribution in [0.1, 0.15) is 67.7 Å². The van der Waals surface area contributed by atoms with Crippen LogP contribution in [0.3, 0.4) is 0 Å². The molecular weight excluding hydrogens is 423 g/mol.